The normalized spacial score (nSPS) is 20.6. The molecule has 2 rings (SSSR count). The van der Waals surface area contributed by atoms with Crippen LogP contribution in [0.15, 0.2) is 29.3 Å². The van der Waals surface area contributed by atoms with E-state index in [-0.39, 0.29) is 11.9 Å². The predicted molar refractivity (Wildman–Crippen MR) is 117 cm³/mol. The van der Waals surface area contributed by atoms with E-state index in [4.69, 9.17) is 0 Å². The van der Waals surface area contributed by atoms with Gasteiger partial charge in [0.2, 0.25) is 0 Å². The highest BCUT2D eigenvalue weighted by atomic mass is 16.2. The van der Waals surface area contributed by atoms with Crippen LogP contribution in [0.3, 0.4) is 0 Å². The van der Waals surface area contributed by atoms with Crippen LogP contribution < -0.4 is 16.0 Å². The molecule has 1 aromatic carbocycles. The molecule has 0 saturated carbocycles. The summed E-state index contributed by atoms with van der Waals surface area (Å²) < 4.78 is 0. The minimum atomic E-state index is -0.771. The summed E-state index contributed by atoms with van der Waals surface area (Å²) in [6.07, 6.45) is 1.25. The van der Waals surface area contributed by atoms with Crippen LogP contribution in [0.4, 0.5) is 4.79 Å². The van der Waals surface area contributed by atoms with Crippen LogP contribution in [-0.4, -0.2) is 54.5 Å². The quantitative estimate of drug-likeness (QED) is 0.257. The van der Waals surface area contributed by atoms with Crippen LogP contribution in [0, 0.1) is 6.92 Å². The third-order valence-electron chi connectivity index (χ3n) is 5.42. The molecule has 0 aromatic heterocycles. The van der Waals surface area contributed by atoms with Crippen molar-refractivity contribution in [2.45, 2.75) is 58.9 Å². The number of urea groups is 1. The first-order valence-corrected chi connectivity index (χ1v) is 10.5. The van der Waals surface area contributed by atoms with Gasteiger partial charge >= 0.3 is 6.03 Å². The van der Waals surface area contributed by atoms with Gasteiger partial charge in [-0.05, 0) is 39.2 Å². The van der Waals surface area contributed by atoms with E-state index in [0.29, 0.717) is 38.4 Å². The number of rotatable bonds is 9. The summed E-state index contributed by atoms with van der Waals surface area (Å²) in [7, 11) is 0. The van der Waals surface area contributed by atoms with Crippen LogP contribution in [0.2, 0.25) is 0 Å². The summed E-state index contributed by atoms with van der Waals surface area (Å²) in [5, 5.41) is 9.32. The molecule has 1 saturated heterocycles. The summed E-state index contributed by atoms with van der Waals surface area (Å²) in [5.41, 5.74) is 1.75. The molecule has 1 fully saturated rings. The fraction of sp³-hybridized carbons (Fsp3) is 0.591. The van der Waals surface area contributed by atoms with Gasteiger partial charge in [0.25, 0.3) is 5.91 Å². The lowest BCUT2D eigenvalue weighted by Gasteiger charge is -2.19. The molecule has 1 aromatic rings. The highest BCUT2D eigenvalue weighted by Gasteiger charge is 2.45. The van der Waals surface area contributed by atoms with Crippen LogP contribution in [0.5, 0.6) is 0 Å². The number of carbonyl (C=O) groups is 2. The average Bonchev–Trinajstić information content (AvgIpc) is 2.92. The summed E-state index contributed by atoms with van der Waals surface area (Å²) >= 11 is 0. The Balaban J connectivity index is 1.83. The summed E-state index contributed by atoms with van der Waals surface area (Å²) in [6.45, 7) is 12.4. The second kappa shape index (κ2) is 10.3. The van der Waals surface area contributed by atoms with Crippen molar-refractivity contribution in [1.29, 1.82) is 0 Å². The largest absolute Gasteiger partial charge is 0.357 e. The van der Waals surface area contributed by atoms with Gasteiger partial charge in [0.15, 0.2) is 5.96 Å². The third-order valence-corrected chi connectivity index (χ3v) is 5.42. The number of carbonyl (C=O) groups excluding carboxylic acids is 2. The maximum Gasteiger partial charge on any atom is 0.325 e. The fourth-order valence-corrected chi connectivity index (χ4v) is 3.20. The van der Waals surface area contributed by atoms with Crippen molar-refractivity contribution in [3.05, 3.63) is 35.4 Å². The number of aryl methyl sites for hydroxylation is 1. The van der Waals surface area contributed by atoms with Gasteiger partial charge in [0.05, 0.1) is 0 Å². The predicted octanol–water partition coefficient (Wildman–Crippen LogP) is 2.76. The SMILES string of the molecule is CCNC(=NCC(C)c1ccc(C)cc1)NCCCN1C(=O)NC(C)(CC)C1=O. The number of imide groups is 1. The van der Waals surface area contributed by atoms with Gasteiger partial charge in [-0.3, -0.25) is 14.7 Å². The molecule has 0 aliphatic carbocycles. The van der Waals surface area contributed by atoms with Gasteiger partial charge in [-0.2, -0.15) is 0 Å². The van der Waals surface area contributed by atoms with Crippen LogP contribution >= 0.6 is 0 Å². The topological polar surface area (TPSA) is 85.8 Å². The van der Waals surface area contributed by atoms with E-state index in [2.05, 4.69) is 59.1 Å². The van der Waals surface area contributed by atoms with Crippen molar-refractivity contribution >= 4 is 17.9 Å². The lowest BCUT2D eigenvalue weighted by atomic mass is 9.99. The van der Waals surface area contributed by atoms with Gasteiger partial charge in [0.1, 0.15) is 5.54 Å². The summed E-state index contributed by atoms with van der Waals surface area (Å²) in [4.78, 5) is 30.5. The van der Waals surface area contributed by atoms with Crippen molar-refractivity contribution in [3.63, 3.8) is 0 Å². The zero-order valence-electron chi connectivity index (χ0n) is 18.3. The zero-order valence-corrected chi connectivity index (χ0v) is 18.3. The molecular formula is C22H35N5O2. The maximum absolute atomic E-state index is 12.4. The van der Waals surface area contributed by atoms with Crippen molar-refractivity contribution in [3.8, 4) is 0 Å². The Bertz CT molecular complexity index is 731. The minimum Gasteiger partial charge on any atom is -0.357 e. The second-order valence-corrected chi connectivity index (χ2v) is 7.88. The molecule has 3 N–H and O–H groups in total. The molecule has 1 aliphatic rings. The smallest absolute Gasteiger partial charge is 0.325 e. The molecule has 1 heterocycles. The van der Waals surface area contributed by atoms with Gasteiger partial charge in [0, 0.05) is 32.1 Å². The third kappa shape index (κ3) is 5.95. The molecular weight excluding hydrogens is 366 g/mol. The molecule has 0 radical (unpaired) electrons. The summed E-state index contributed by atoms with van der Waals surface area (Å²) in [5.74, 6) is 0.934. The van der Waals surface area contributed by atoms with E-state index in [1.165, 1.54) is 16.0 Å². The number of hydrogen-bond donors (Lipinski definition) is 3. The standard InChI is InChI=1S/C22H35N5O2/c1-6-22(5)19(28)27(21(29)26-22)14-8-13-24-20(23-7-2)25-15-17(4)18-11-9-16(3)10-12-18/h9-12,17H,6-8,13-15H2,1-5H3,(H,26,29)(H2,23,24,25). The first-order chi connectivity index (χ1) is 13.8. The van der Waals surface area contributed by atoms with E-state index in [1.807, 2.05) is 13.8 Å². The lowest BCUT2D eigenvalue weighted by Crippen LogP contribution is -2.43. The Kier molecular flexibility index (Phi) is 8.05. The molecule has 1 aliphatic heterocycles. The van der Waals surface area contributed by atoms with Crippen molar-refractivity contribution in [1.82, 2.24) is 20.9 Å². The Morgan fingerprint density at radius 3 is 2.48 bits per heavy atom. The first-order valence-electron chi connectivity index (χ1n) is 10.5. The van der Waals surface area contributed by atoms with Gasteiger partial charge in [-0.1, -0.05) is 43.7 Å². The number of nitrogens with one attached hydrogen (secondary N) is 3. The Morgan fingerprint density at radius 1 is 1.21 bits per heavy atom. The fourth-order valence-electron chi connectivity index (χ4n) is 3.20. The molecule has 2 atom stereocenters. The molecule has 7 heteroatoms. The van der Waals surface area contributed by atoms with Crippen LogP contribution in [0.1, 0.15) is 57.6 Å². The maximum atomic E-state index is 12.4. The number of hydrogen-bond acceptors (Lipinski definition) is 3. The van der Waals surface area contributed by atoms with E-state index in [0.717, 1.165) is 12.5 Å². The molecule has 160 valence electrons. The van der Waals surface area contributed by atoms with E-state index < -0.39 is 5.54 Å². The molecule has 2 unspecified atom stereocenters. The first kappa shape index (κ1) is 22.7. The van der Waals surface area contributed by atoms with Crippen molar-refractivity contribution in [2.75, 3.05) is 26.2 Å². The van der Waals surface area contributed by atoms with E-state index in [1.54, 1.807) is 6.92 Å². The molecule has 7 nitrogen and oxygen atoms in total. The zero-order chi connectivity index (χ0) is 21.4. The van der Waals surface area contributed by atoms with Gasteiger partial charge in [-0.15, -0.1) is 0 Å². The average molecular weight is 402 g/mol. The molecule has 0 bridgehead atoms. The number of benzene rings is 1. The second-order valence-electron chi connectivity index (χ2n) is 7.88. The molecule has 29 heavy (non-hydrogen) atoms. The van der Waals surface area contributed by atoms with Crippen LogP contribution in [0.25, 0.3) is 0 Å². The molecule has 0 spiro atoms. The monoisotopic (exact) mass is 401 g/mol. The highest BCUT2D eigenvalue weighted by Crippen LogP contribution is 2.20. The number of aliphatic imine (C=N–C) groups is 1. The Morgan fingerprint density at radius 2 is 1.90 bits per heavy atom. The number of amides is 3. The highest BCUT2D eigenvalue weighted by molar-refractivity contribution is 6.06. The molecule has 3 amide bonds. The minimum absolute atomic E-state index is 0.141. The van der Waals surface area contributed by atoms with Crippen molar-refractivity contribution in [2.24, 2.45) is 4.99 Å². The van der Waals surface area contributed by atoms with E-state index in [9.17, 15) is 9.59 Å². The lowest BCUT2D eigenvalue weighted by molar-refractivity contribution is -0.130. The van der Waals surface area contributed by atoms with Crippen molar-refractivity contribution < 1.29 is 9.59 Å². The Labute approximate surface area is 174 Å². The number of guanidine groups is 1. The summed E-state index contributed by atoms with van der Waals surface area (Å²) in [6, 6.07) is 8.25. The van der Waals surface area contributed by atoms with E-state index >= 15 is 0 Å². The number of nitrogens with zero attached hydrogens (tertiary/aromatic N) is 2. The van der Waals surface area contributed by atoms with Crippen LogP contribution in [-0.2, 0) is 4.79 Å². The van der Waals surface area contributed by atoms with Gasteiger partial charge < -0.3 is 16.0 Å². The van der Waals surface area contributed by atoms with Gasteiger partial charge in [-0.25, -0.2) is 4.79 Å². The Hall–Kier alpha value is -2.57.